The van der Waals surface area contributed by atoms with Gasteiger partial charge in [-0.2, -0.15) is 5.10 Å². The lowest BCUT2D eigenvalue weighted by Gasteiger charge is -1.88. The van der Waals surface area contributed by atoms with Crippen molar-refractivity contribution in [3.05, 3.63) is 18.0 Å². The first kappa shape index (κ1) is 9.82. The predicted octanol–water partition coefficient (Wildman–Crippen LogP) is 0.864. The Morgan fingerprint density at radius 2 is 2.46 bits per heavy atom. The highest BCUT2D eigenvalue weighted by Gasteiger charge is 1.90. The molecule has 3 nitrogen and oxygen atoms in total. The van der Waals surface area contributed by atoms with Crippen LogP contribution in [0.25, 0.3) is 0 Å². The molecule has 0 amide bonds. The van der Waals surface area contributed by atoms with Crippen LogP contribution < -0.4 is 5.32 Å². The molecule has 0 atom stereocenters. The zero-order valence-electron chi connectivity index (χ0n) is 8.17. The van der Waals surface area contributed by atoms with Crippen molar-refractivity contribution in [3.63, 3.8) is 0 Å². The van der Waals surface area contributed by atoms with E-state index in [0.717, 1.165) is 25.1 Å². The normalized spacial score (nSPS) is 9.38. The highest BCUT2D eigenvalue weighted by Crippen LogP contribution is 1.94. The van der Waals surface area contributed by atoms with Crippen molar-refractivity contribution < 1.29 is 0 Å². The third-order valence-corrected chi connectivity index (χ3v) is 1.69. The minimum absolute atomic E-state index is 0.883. The summed E-state index contributed by atoms with van der Waals surface area (Å²) >= 11 is 0. The quantitative estimate of drug-likeness (QED) is 0.548. The fourth-order valence-electron chi connectivity index (χ4n) is 0.953. The molecule has 0 unspecified atom stereocenters. The molecule has 1 N–H and O–H groups in total. The number of rotatable bonds is 3. The van der Waals surface area contributed by atoms with Gasteiger partial charge in [0.1, 0.15) is 0 Å². The summed E-state index contributed by atoms with van der Waals surface area (Å²) in [5.74, 6) is 6.14. The fourth-order valence-corrected chi connectivity index (χ4v) is 0.953. The maximum absolute atomic E-state index is 4.13. The number of hydrogen-bond donors (Lipinski definition) is 1. The van der Waals surface area contributed by atoms with Gasteiger partial charge in [-0.3, -0.25) is 4.68 Å². The smallest absolute Gasteiger partial charge is 0.0646 e. The van der Waals surface area contributed by atoms with Gasteiger partial charge in [0, 0.05) is 25.7 Å². The van der Waals surface area contributed by atoms with E-state index in [9.17, 15) is 0 Å². The average Bonchev–Trinajstić information content (AvgIpc) is 2.60. The summed E-state index contributed by atoms with van der Waals surface area (Å²) in [6.45, 7) is 3.90. The van der Waals surface area contributed by atoms with Crippen LogP contribution in [0.3, 0.4) is 0 Å². The standard InChI is InChI=1S/C10H15N3/c1-3-13-9-10(8-12-13)6-4-5-7-11-2/h8-9,11H,3,5,7H2,1-2H3. The first-order chi connectivity index (χ1) is 6.36. The maximum Gasteiger partial charge on any atom is 0.0646 e. The molecule has 0 saturated carbocycles. The number of nitrogens with zero attached hydrogens (tertiary/aromatic N) is 2. The summed E-state index contributed by atoms with van der Waals surface area (Å²) in [4.78, 5) is 0. The summed E-state index contributed by atoms with van der Waals surface area (Å²) in [5, 5.41) is 7.18. The predicted molar refractivity (Wildman–Crippen MR) is 53.3 cm³/mol. The minimum atomic E-state index is 0.883. The average molecular weight is 177 g/mol. The van der Waals surface area contributed by atoms with Crippen molar-refractivity contribution >= 4 is 0 Å². The van der Waals surface area contributed by atoms with E-state index in [-0.39, 0.29) is 0 Å². The molecule has 70 valence electrons. The Morgan fingerprint density at radius 1 is 1.62 bits per heavy atom. The van der Waals surface area contributed by atoms with Gasteiger partial charge >= 0.3 is 0 Å². The van der Waals surface area contributed by atoms with Crippen molar-refractivity contribution in [2.45, 2.75) is 19.9 Å². The largest absolute Gasteiger partial charge is 0.319 e. The fraction of sp³-hybridized carbons (Fsp3) is 0.500. The van der Waals surface area contributed by atoms with Crippen LogP contribution in [0.5, 0.6) is 0 Å². The highest BCUT2D eigenvalue weighted by molar-refractivity contribution is 5.29. The molecule has 0 aromatic carbocycles. The van der Waals surface area contributed by atoms with E-state index in [2.05, 4.69) is 29.2 Å². The van der Waals surface area contributed by atoms with Crippen molar-refractivity contribution in [1.29, 1.82) is 0 Å². The Labute approximate surface area is 79.1 Å². The molecule has 3 heteroatoms. The van der Waals surface area contributed by atoms with Gasteiger partial charge in [0.25, 0.3) is 0 Å². The van der Waals surface area contributed by atoms with Crippen molar-refractivity contribution in [2.24, 2.45) is 0 Å². The summed E-state index contributed by atoms with van der Waals surface area (Å²) in [6, 6.07) is 0. The molecule has 0 saturated heterocycles. The van der Waals surface area contributed by atoms with Gasteiger partial charge in [-0.1, -0.05) is 11.8 Å². The molecule has 0 fully saturated rings. The van der Waals surface area contributed by atoms with Crippen LogP contribution >= 0.6 is 0 Å². The van der Waals surface area contributed by atoms with E-state index >= 15 is 0 Å². The molecule has 1 heterocycles. The van der Waals surface area contributed by atoms with E-state index < -0.39 is 0 Å². The van der Waals surface area contributed by atoms with E-state index in [0.29, 0.717) is 0 Å². The van der Waals surface area contributed by atoms with Gasteiger partial charge in [0.05, 0.1) is 11.8 Å². The molecule has 0 radical (unpaired) electrons. The SMILES string of the molecule is CCn1cc(C#CCCNC)cn1. The highest BCUT2D eigenvalue weighted by atomic mass is 15.3. The molecule has 1 aromatic rings. The van der Waals surface area contributed by atoms with Crippen LogP contribution in [-0.2, 0) is 6.54 Å². The number of aryl methyl sites for hydroxylation is 1. The molecule has 0 aliphatic heterocycles. The third-order valence-electron chi connectivity index (χ3n) is 1.69. The van der Waals surface area contributed by atoms with Crippen LogP contribution in [0.4, 0.5) is 0 Å². The summed E-state index contributed by atoms with van der Waals surface area (Å²) in [5.41, 5.74) is 0.998. The third kappa shape index (κ3) is 3.30. The lowest BCUT2D eigenvalue weighted by molar-refractivity contribution is 0.660. The zero-order valence-corrected chi connectivity index (χ0v) is 8.17. The van der Waals surface area contributed by atoms with E-state index in [1.165, 1.54) is 0 Å². The lowest BCUT2D eigenvalue weighted by atomic mass is 10.3. The Balaban J connectivity index is 2.46. The van der Waals surface area contributed by atoms with Crippen LogP contribution in [-0.4, -0.2) is 23.4 Å². The lowest BCUT2D eigenvalue weighted by Crippen LogP contribution is -2.05. The van der Waals surface area contributed by atoms with Crippen LogP contribution in [0.15, 0.2) is 12.4 Å². The van der Waals surface area contributed by atoms with Crippen molar-refractivity contribution in [3.8, 4) is 11.8 Å². The van der Waals surface area contributed by atoms with Gasteiger partial charge in [0.2, 0.25) is 0 Å². The molecule has 0 aliphatic carbocycles. The van der Waals surface area contributed by atoms with Crippen LogP contribution in [0.1, 0.15) is 18.9 Å². The van der Waals surface area contributed by atoms with Crippen LogP contribution in [0.2, 0.25) is 0 Å². The molecular formula is C10H15N3. The van der Waals surface area contributed by atoms with Crippen molar-refractivity contribution in [1.82, 2.24) is 15.1 Å². The summed E-state index contributed by atoms with van der Waals surface area (Å²) in [6.07, 6.45) is 4.65. The Bertz CT molecular complexity index is 303. The Morgan fingerprint density at radius 3 is 3.08 bits per heavy atom. The maximum atomic E-state index is 4.13. The summed E-state index contributed by atoms with van der Waals surface area (Å²) in [7, 11) is 1.93. The Kier molecular flexibility index (Phi) is 4.07. The van der Waals surface area contributed by atoms with Gasteiger partial charge < -0.3 is 5.32 Å². The van der Waals surface area contributed by atoms with Gasteiger partial charge in [0.15, 0.2) is 0 Å². The first-order valence-electron chi connectivity index (χ1n) is 4.52. The monoisotopic (exact) mass is 177 g/mol. The van der Waals surface area contributed by atoms with Gasteiger partial charge in [-0.25, -0.2) is 0 Å². The van der Waals surface area contributed by atoms with Gasteiger partial charge in [-0.15, -0.1) is 0 Å². The van der Waals surface area contributed by atoms with Gasteiger partial charge in [-0.05, 0) is 14.0 Å². The number of hydrogen-bond acceptors (Lipinski definition) is 2. The molecule has 1 rings (SSSR count). The number of nitrogens with one attached hydrogen (secondary N) is 1. The second-order valence-corrected chi connectivity index (χ2v) is 2.74. The first-order valence-corrected chi connectivity index (χ1v) is 4.52. The topological polar surface area (TPSA) is 29.9 Å². The molecular weight excluding hydrogens is 162 g/mol. The second kappa shape index (κ2) is 5.39. The van der Waals surface area contributed by atoms with E-state index in [1.807, 2.05) is 17.9 Å². The molecule has 0 bridgehead atoms. The summed E-state index contributed by atoms with van der Waals surface area (Å²) < 4.78 is 1.88. The number of aromatic nitrogens is 2. The van der Waals surface area contributed by atoms with Crippen molar-refractivity contribution in [2.75, 3.05) is 13.6 Å². The molecule has 13 heavy (non-hydrogen) atoms. The van der Waals surface area contributed by atoms with E-state index in [1.54, 1.807) is 6.20 Å². The second-order valence-electron chi connectivity index (χ2n) is 2.74. The van der Waals surface area contributed by atoms with E-state index in [4.69, 9.17) is 0 Å². The van der Waals surface area contributed by atoms with Crippen LogP contribution in [0, 0.1) is 11.8 Å². The Hall–Kier alpha value is -1.27. The molecule has 1 aromatic heterocycles. The zero-order chi connectivity index (χ0) is 9.52. The minimum Gasteiger partial charge on any atom is -0.319 e. The molecule has 0 aliphatic rings. The molecule has 0 spiro atoms.